The van der Waals surface area contributed by atoms with Crippen LogP contribution in [0.25, 0.3) is 0 Å². The van der Waals surface area contributed by atoms with Gasteiger partial charge in [-0.3, -0.25) is 0 Å². The van der Waals surface area contributed by atoms with E-state index < -0.39 is 0 Å². The molecule has 1 aromatic carbocycles. The van der Waals surface area contributed by atoms with Crippen molar-refractivity contribution in [2.75, 3.05) is 6.26 Å². The quantitative estimate of drug-likeness (QED) is 0.572. The number of aryl methyl sites for hydroxylation is 1. The van der Waals surface area contributed by atoms with E-state index in [4.69, 9.17) is 0 Å². The summed E-state index contributed by atoms with van der Waals surface area (Å²) in [6.07, 6.45) is 3.18. The second kappa shape index (κ2) is 4.83. The van der Waals surface area contributed by atoms with Crippen molar-refractivity contribution in [2.24, 2.45) is 0 Å². The topological polar surface area (TPSA) is 0 Å². The van der Waals surface area contributed by atoms with Crippen molar-refractivity contribution in [3.63, 3.8) is 0 Å². The van der Waals surface area contributed by atoms with E-state index in [1.807, 2.05) is 0 Å². The molecular weight excluding hydrogens is 184 g/mol. The van der Waals surface area contributed by atoms with Gasteiger partial charge in [-0.2, -0.15) is 12.6 Å². The fourth-order valence-corrected chi connectivity index (χ4v) is 1.66. The minimum absolute atomic E-state index is 0.316. The van der Waals surface area contributed by atoms with Gasteiger partial charge in [0.15, 0.2) is 0 Å². The predicted molar refractivity (Wildman–Crippen MR) is 61.1 cm³/mol. The standard InChI is InChI=1S/C10H14S2/c1-3-8-4-6-9(7-5-8)10(11)12-2/h4-7,10-11H,3H2,1-2H3. The summed E-state index contributed by atoms with van der Waals surface area (Å²) in [5.41, 5.74) is 2.68. The van der Waals surface area contributed by atoms with E-state index in [1.165, 1.54) is 11.1 Å². The van der Waals surface area contributed by atoms with E-state index in [-0.39, 0.29) is 0 Å². The molecule has 0 spiro atoms. The maximum absolute atomic E-state index is 4.45. The first kappa shape index (κ1) is 10.0. The molecule has 12 heavy (non-hydrogen) atoms. The van der Waals surface area contributed by atoms with Crippen molar-refractivity contribution in [2.45, 2.75) is 17.9 Å². The van der Waals surface area contributed by atoms with Crippen molar-refractivity contribution in [3.8, 4) is 0 Å². The zero-order valence-electron chi connectivity index (χ0n) is 7.45. The van der Waals surface area contributed by atoms with Crippen LogP contribution in [0.15, 0.2) is 24.3 Å². The van der Waals surface area contributed by atoms with Crippen LogP contribution in [0.3, 0.4) is 0 Å². The highest BCUT2D eigenvalue weighted by molar-refractivity contribution is 8.09. The number of thiol groups is 1. The molecule has 0 saturated carbocycles. The van der Waals surface area contributed by atoms with Crippen molar-refractivity contribution < 1.29 is 0 Å². The zero-order chi connectivity index (χ0) is 8.97. The molecule has 1 unspecified atom stereocenters. The normalized spacial score (nSPS) is 12.9. The molecule has 0 aromatic heterocycles. The highest BCUT2D eigenvalue weighted by atomic mass is 32.2. The third-order valence-corrected chi connectivity index (χ3v) is 3.55. The number of benzene rings is 1. The molecule has 0 heterocycles. The molecule has 1 aromatic rings. The molecule has 0 bridgehead atoms. The minimum Gasteiger partial charge on any atom is -0.160 e. The summed E-state index contributed by atoms with van der Waals surface area (Å²) in [5, 5.41) is 0. The number of hydrogen-bond donors (Lipinski definition) is 1. The van der Waals surface area contributed by atoms with Gasteiger partial charge in [-0.05, 0) is 23.8 Å². The van der Waals surface area contributed by atoms with Gasteiger partial charge >= 0.3 is 0 Å². The first-order valence-electron chi connectivity index (χ1n) is 4.07. The molecule has 0 aliphatic carbocycles. The third-order valence-electron chi connectivity index (χ3n) is 1.90. The molecule has 1 rings (SSSR count). The van der Waals surface area contributed by atoms with E-state index in [0.29, 0.717) is 4.58 Å². The Morgan fingerprint density at radius 2 is 1.92 bits per heavy atom. The molecule has 0 nitrogen and oxygen atoms in total. The Morgan fingerprint density at radius 3 is 2.33 bits per heavy atom. The number of rotatable bonds is 3. The van der Waals surface area contributed by atoms with Gasteiger partial charge in [0.2, 0.25) is 0 Å². The summed E-state index contributed by atoms with van der Waals surface area (Å²) in [4.78, 5) is 0. The second-order valence-electron chi connectivity index (χ2n) is 2.68. The molecule has 0 fully saturated rings. The Labute approximate surface area is 84.2 Å². The van der Waals surface area contributed by atoms with Crippen LogP contribution in [0.4, 0.5) is 0 Å². The lowest BCUT2D eigenvalue weighted by molar-refractivity contribution is 1.13. The zero-order valence-corrected chi connectivity index (χ0v) is 9.16. The predicted octanol–water partition coefficient (Wildman–Crippen LogP) is 3.54. The van der Waals surface area contributed by atoms with Gasteiger partial charge in [0, 0.05) is 0 Å². The lowest BCUT2D eigenvalue weighted by atomic mass is 10.1. The highest BCUT2D eigenvalue weighted by Crippen LogP contribution is 2.29. The molecule has 1 atom stereocenters. The van der Waals surface area contributed by atoms with E-state index in [0.717, 1.165) is 6.42 Å². The minimum atomic E-state index is 0.316. The summed E-state index contributed by atoms with van der Waals surface area (Å²) >= 11 is 6.20. The van der Waals surface area contributed by atoms with Crippen LogP contribution in [0.2, 0.25) is 0 Å². The van der Waals surface area contributed by atoms with Crippen LogP contribution in [0.1, 0.15) is 22.6 Å². The highest BCUT2D eigenvalue weighted by Gasteiger charge is 2.02. The lowest BCUT2D eigenvalue weighted by Crippen LogP contribution is -1.85. The number of hydrogen-bond acceptors (Lipinski definition) is 2. The van der Waals surface area contributed by atoms with Crippen LogP contribution in [-0.4, -0.2) is 6.26 Å². The number of thioether (sulfide) groups is 1. The molecule has 0 saturated heterocycles. The van der Waals surface area contributed by atoms with Gasteiger partial charge < -0.3 is 0 Å². The van der Waals surface area contributed by atoms with E-state index in [1.54, 1.807) is 11.8 Å². The van der Waals surface area contributed by atoms with E-state index in [9.17, 15) is 0 Å². The maximum Gasteiger partial charge on any atom is 0.0718 e. The Morgan fingerprint density at radius 1 is 1.33 bits per heavy atom. The lowest BCUT2D eigenvalue weighted by Gasteiger charge is -2.07. The Bertz CT molecular complexity index is 228. The summed E-state index contributed by atoms with van der Waals surface area (Å²) in [6, 6.07) is 8.67. The average Bonchev–Trinajstić information content (AvgIpc) is 2.17. The van der Waals surface area contributed by atoms with Crippen molar-refractivity contribution in [3.05, 3.63) is 35.4 Å². The van der Waals surface area contributed by atoms with E-state index >= 15 is 0 Å². The van der Waals surface area contributed by atoms with Crippen LogP contribution >= 0.6 is 24.4 Å². The Kier molecular flexibility index (Phi) is 4.02. The summed E-state index contributed by atoms with van der Waals surface area (Å²) < 4.78 is 0.316. The van der Waals surface area contributed by atoms with Gasteiger partial charge in [0.1, 0.15) is 0 Å². The van der Waals surface area contributed by atoms with Gasteiger partial charge in [0.25, 0.3) is 0 Å². The molecule has 0 aliphatic heterocycles. The second-order valence-corrected chi connectivity index (χ2v) is 4.49. The smallest absolute Gasteiger partial charge is 0.0718 e. The molecule has 0 aliphatic rings. The SMILES string of the molecule is CCc1ccc(C(S)SC)cc1. The summed E-state index contributed by atoms with van der Waals surface area (Å²) in [6.45, 7) is 2.17. The van der Waals surface area contributed by atoms with Crippen LogP contribution in [0.5, 0.6) is 0 Å². The average molecular weight is 198 g/mol. The third kappa shape index (κ3) is 2.46. The maximum atomic E-state index is 4.45. The van der Waals surface area contributed by atoms with Gasteiger partial charge in [-0.1, -0.05) is 31.2 Å². The van der Waals surface area contributed by atoms with Gasteiger partial charge in [-0.25, -0.2) is 0 Å². The molecule has 0 radical (unpaired) electrons. The van der Waals surface area contributed by atoms with E-state index in [2.05, 4.69) is 50.1 Å². The summed E-state index contributed by atoms with van der Waals surface area (Å²) in [5.74, 6) is 0. The Balaban J connectivity index is 2.77. The monoisotopic (exact) mass is 198 g/mol. The first-order valence-corrected chi connectivity index (χ1v) is 5.88. The molecule has 66 valence electrons. The van der Waals surface area contributed by atoms with Crippen LogP contribution < -0.4 is 0 Å². The van der Waals surface area contributed by atoms with Gasteiger partial charge in [0.05, 0.1) is 4.58 Å². The van der Waals surface area contributed by atoms with Crippen molar-refractivity contribution >= 4 is 24.4 Å². The molecule has 0 amide bonds. The Hall–Kier alpha value is -0.0800. The van der Waals surface area contributed by atoms with Crippen molar-refractivity contribution in [1.29, 1.82) is 0 Å². The van der Waals surface area contributed by atoms with Crippen molar-refractivity contribution in [1.82, 2.24) is 0 Å². The van der Waals surface area contributed by atoms with Crippen LogP contribution in [-0.2, 0) is 6.42 Å². The molecule has 0 N–H and O–H groups in total. The van der Waals surface area contributed by atoms with Gasteiger partial charge in [-0.15, -0.1) is 11.8 Å². The largest absolute Gasteiger partial charge is 0.160 e. The first-order chi connectivity index (χ1) is 5.77. The fourth-order valence-electron chi connectivity index (χ4n) is 1.05. The van der Waals surface area contributed by atoms with Crippen LogP contribution in [0, 0.1) is 0 Å². The summed E-state index contributed by atoms with van der Waals surface area (Å²) in [7, 11) is 0. The molecular formula is C10H14S2. The fraction of sp³-hybridized carbons (Fsp3) is 0.400. The molecule has 2 heteroatoms.